The standard InChI is InChI=1S/C8H12/c1-2-3-4-5-8-6-7-8/h2-5,8H,6-7H2,1H3/b3-2-,5-4-. The van der Waals surface area contributed by atoms with Crippen LogP contribution < -0.4 is 0 Å². The maximum absolute atomic E-state index is 2.28. The normalized spacial score (nSPS) is 21.1. The molecule has 0 nitrogen and oxygen atoms in total. The van der Waals surface area contributed by atoms with Crippen LogP contribution in [0, 0.1) is 5.92 Å². The molecule has 44 valence electrons. The van der Waals surface area contributed by atoms with Crippen LogP contribution in [0.4, 0.5) is 0 Å². The van der Waals surface area contributed by atoms with Gasteiger partial charge in [0.2, 0.25) is 0 Å². The summed E-state index contributed by atoms with van der Waals surface area (Å²) in [6.45, 7) is 2.04. The molecule has 1 aliphatic carbocycles. The zero-order valence-electron chi connectivity index (χ0n) is 5.30. The van der Waals surface area contributed by atoms with Crippen molar-refractivity contribution in [3.63, 3.8) is 0 Å². The van der Waals surface area contributed by atoms with E-state index < -0.39 is 0 Å². The molecule has 0 atom stereocenters. The lowest BCUT2D eigenvalue weighted by Gasteiger charge is -1.73. The summed E-state index contributed by atoms with van der Waals surface area (Å²) < 4.78 is 0. The van der Waals surface area contributed by atoms with Crippen LogP contribution in [0.1, 0.15) is 19.8 Å². The predicted molar refractivity (Wildman–Crippen MR) is 36.7 cm³/mol. The molecule has 0 heteroatoms. The molecule has 0 aromatic rings. The van der Waals surface area contributed by atoms with Crippen molar-refractivity contribution >= 4 is 0 Å². The molecule has 1 fully saturated rings. The van der Waals surface area contributed by atoms with Gasteiger partial charge in [0.05, 0.1) is 0 Å². The van der Waals surface area contributed by atoms with Crippen LogP contribution >= 0.6 is 0 Å². The lowest BCUT2D eigenvalue weighted by molar-refractivity contribution is 1.12. The van der Waals surface area contributed by atoms with Gasteiger partial charge in [0.25, 0.3) is 0 Å². The number of hydrogen-bond donors (Lipinski definition) is 0. The molecular weight excluding hydrogens is 96.1 g/mol. The fraction of sp³-hybridized carbons (Fsp3) is 0.500. The largest absolute Gasteiger partial charge is 0.0877 e. The highest BCUT2D eigenvalue weighted by molar-refractivity contribution is 5.06. The monoisotopic (exact) mass is 108 g/mol. The summed E-state index contributed by atoms with van der Waals surface area (Å²) in [4.78, 5) is 0. The van der Waals surface area contributed by atoms with E-state index >= 15 is 0 Å². The Morgan fingerprint density at radius 1 is 1.25 bits per heavy atom. The molecule has 0 aromatic carbocycles. The molecule has 0 bridgehead atoms. The minimum Gasteiger partial charge on any atom is -0.0877 e. The second-order valence-electron chi connectivity index (χ2n) is 2.25. The van der Waals surface area contributed by atoms with Crippen LogP contribution in [0.2, 0.25) is 0 Å². The van der Waals surface area contributed by atoms with Crippen LogP contribution in [0.15, 0.2) is 24.3 Å². The summed E-state index contributed by atoms with van der Waals surface area (Å²) in [7, 11) is 0. The summed E-state index contributed by atoms with van der Waals surface area (Å²) in [6.07, 6.45) is 11.4. The summed E-state index contributed by atoms with van der Waals surface area (Å²) in [5, 5.41) is 0. The maximum atomic E-state index is 2.28. The number of rotatable bonds is 2. The molecule has 0 radical (unpaired) electrons. The van der Waals surface area contributed by atoms with Crippen molar-refractivity contribution in [2.45, 2.75) is 19.8 Å². The topological polar surface area (TPSA) is 0 Å². The maximum Gasteiger partial charge on any atom is -0.0230 e. The Kier molecular flexibility index (Phi) is 1.90. The van der Waals surface area contributed by atoms with Gasteiger partial charge in [-0.2, -0.15) is 0 Å². The second-order valence-corrected chi connectivity index (χ2v) is 2.25. The van der Waals surface area contributed by atoms with Crippen molar-refractivity contribution in [1.29, 1.82) is 0 Å². The van der Waals surface area contributed by atoms with Crippen molar-refractivity contribution in [2.75, 3.05) is 0 Å². The van der Waals surface area contributed by atoms with E-state index in [1.807, 2.05) is 6.92 Å². The van der Waals surface area contributed by atoms with E-state index in [0.717, 1.165) is 5.92 Å². The summed E-state index contributed by atoms with van der Waals surface area (Å²) >= 11 is 0. The van der Waals surface area contributed by atoms with Gasteiger partial charge in [0, 0.05) is 0 Å². The Labute approximate surface area is 50.9 Å². The van der Waals surface area contributed by atoms with E-state index in [1.54, 1.807) is 0 Å². The smallest absolute Gasteiger partial charge is 0.0230 e. The first kappa shape index (κ1) is 5.61. The fourth-order valence-electron chi connectivity index (χ4n) is 0.621. The highest BCUT2D eigenvalue weighted by Crippen LogP contribution is 2.29. The van der Waals surface area contributed by atoms with Crippen molar-refractivity contribution < 1.29 is 0 Å². The van der Waals surface area contributed by atoms with Crippen molar-refractivity contribution in [2.24, 2.45) is 5.92 Å². The minimum atomic E-state index is 0.922. The molecule has 1 aliphatic rings. The van der Waals surface area contributed by atoms with Gasteiger partial charge in [-0.05, 0) is 25.7 Å². The van der Waals surface area contributed by atoms with Crippen molar-refractivity contribution in [3.05, 3.63) is 24.3 Å². The van der Waals surface area contributed by atoms with Crippen LogP contribution in [-0.4, -0.2) is 0 Å². The Morgan fingerprint density at radius 3 is 2.50 bits per heavy atom. The molecule has 0 amide bonds. The molecule has 1 saturated carbocycles. The Bertz CT molecular complexity index is 105. The Balaban J connectivity index is 2.13. The third kappa shape index (κ3) is 1.97. The number of hydrogen-bond acceptors (Lipinski definition) is 0. The van der Waals surface area contributed by atoms with Crippen LogP contribution in [0.5, 0.6) is 0 Å². The van der Waals surface area contributed by atoms with Gasteiger partial charge in [0.15, 0.2) is 0 Å². The van der Waals surface area contributed by atoms with Gasteiger partial charge in [-0.1, -0.05) is 24.3 Å². The van der Waals surface area contributed by atoms with Gasteiger partial charge < -0.3 is 0 Å². The molecule has 0 aliphatic heterocycles. The fourth-order valence-corrected chi connectivity index (χ4v) is 0.621. The van der Waals surface area contributed by atoms with E-state index in [4.69, 9.17) is 0 Å². The molecular formula is C8H12. The zero-order chi connectivity index (χ0) is 5.82. The predicted octanol–water partition coefficient (Wildman–Crippen LogP) is 2.53. The molecule has 0 unspecified atom stereocenters. The first-order valence-corrected chi connectivity index (χ1v) is 3.23. The van der Waals surface area contributed by atoms with Gasteiger partial charge in [-0.15, -0.1) is 0 Å². The van der Waals surface area contributed by atoms with E-state index in [-0.39, 0.29) is 0 Å². The van der Waals surface area contributed by atoms with E-state index in [9.17, 15) is 0 Å². The molecule has 0 N–H and O–H groups in total. The van der Waals surface area contributed by atoms with E-state index in [0.29, 0.717) is 0 Å². The number of allylic oxidation sites excluding steroid dienone is 4. The summed E-state index contributed by atoms with van der Waals surface area (Å²) in [5.74, 6) is 0.922. The molecule has 8 heavy (non-hydrogen) atoms. The van der Waals surface area contributed by atoms with Crippen LogP contribution in [-0.2, 0) is 0 Å². The third-order valence-corrected chi connectivity index (χ3v) is 1.31. The van der Waals surface area contributed by atoms with Gasteiger partial charge >= 0.3 is 0 Å². The van der Waals surface area contributed by atoms with Crippen LogP contribution in [0.25, 0.3) is 0 Å². The quantitative estimate of drug-likeness (QED) is 0.477. The lowest BCUT2D eigenvalue weighted by atomic mass is 10.3. The van der Waals surface area contributed by atoms with E-state index in [1.165, 1.54) is 12.8 Å². The summed E-state index contributed by atoms with van der Waals surface area (Å²) in [5.41, 5.74) is 0. The average molecular weight is 108 g/mol. The lowest BCUT2D eigenvalue weighted by Crippen LogP contribution is -1.57. The summed E-state index contributed by atoms with van der Waals surface area (Å²) in [6, 6.07) is 0. The van der Waals surface area contributed by atoms with E-state index in [2.05, 4.69) is 24.3 Å². The highest BCUT2D eigenvalue weighted by atomic mass is 14.2. The van der Waals surface area contributed by atoms with Crippen LogP contribution in [0.3, 0.4) is 0 Å². The van der Waals surface area contributed by atoms with Gasteiger partial charge in [0.1, 0.15) is 0 Å². The molecule has 0 aromatic heterocycles. The average Bonchev–Trinajstić information content (AvgIpc) is 2.51. The third-order valence-electron chi connectivity index (χ3n) is 1.31. The van der Waals surface area contributed by atoms with Crippen molar-refractivity contribution in [3.8, 4) is 0 Å². The SMILES string of the molecule is C/C=C\C=C/C1CC1. The molecule has 0 saturated heterocycles. The first-order valence-electron chi connectivity index (χ1n) is 3.23. The molecule has 0 heterocycles. The second kappa shape index (κ2) is 2.71. The zero-order valence-corrected chi connectivity index (χ0v) is 5.30. The first-order chi connectivity index (χ1) is 3.93. The molecule has 0 spiro atoms. The van der Waals surface area contributed by atoms with Crippen molar-refractivity contribution in [1.82, 2.24) is 0 Å². The highest BCUT2D eigenvalue weighted by Gasteiger charge is 2.16. The minimum absolute atomic E-state index is 0.922. The Morgan fingerprint density at radius 2 is 2.00 bits per heavy atom. The van der Waals surface area contributed by atoms with Gasteiger partial charge in [-0.25, -0.2) is 0 Å². The molecule has 1 rings (SSSR count). The van der Waals surface area contributed by atoms with Gasteiger partial charge in [-0.3, -0.25) is 0 Å². The Hall–Kier alpha value is -0.520.